The van der Waals surface area contributed by atoms with Crippen LogP contribution in [0.15, 0.2) is 0 Å². The van der Waals surface area contributed by atoms with Gasteiger partial charge in [-0.05, 0) is 12.8 Å². The zero-order valence-electron chi connectivity index (χ0n) is 12.1. The van der Waals surface area contributed by atoms with Gasteiger partial charge in [-0.25, -0.2) is 0 Å². The Labute approximate surface area is 119 Å². The van der Waals surface area contributed by atoms with Crippen LogP contribution in [-0.4, -0.2) is 60.8 Å². The minimum Gasteiger partial charge on any atom is -0.481 e. The largest absolute Gasteiger partial charge is 0.481 e. The summed E-state index contributed by atoms with van der Waals surface area (Å²) in [6.07, 6.45) is 2.42. The lowest BCUT2D eigenvalue weighted by Crippen LogP contribution is -2.45. The molecule has 0 spiro atoms. The summed E-state index contributed by atoms with van der Waals surface area (Å²) in [5, 5.41) is 12.7. The van der Waals surface area contributed by atoms with E-state index in [1.165, 1.54) is 0 Å². The van der Waals surface area contributed by atoms with Gasteiger partial charge < -0.3 is 20.1 Å². The number of morpholine rings is 1. The Morgan fingerprint density at radius 3 is 2.90 bits per heavy atom. The molecule has 20 heavy (non-hydrogen) atoms. The summed E-state index contributed by atoms with van der Waals surface area (Å²) in [7, 11) is 0. The Morgan fingerprint density at radius 2 is 2.30 bits per heavy atom. The van der Waals surface area contributed by atoms with E-state index in [0.717, 1.165) is 13.0 Å². The Balaban J connectivity index is 1.90. The van der Waals surface area contributed by atoms with Crippen molar-refractivity contribution in [2.45, 2.75) is 38.6 Å². The van der Waals surface area contributed by atoms with Gasteiger partial charge >= 0.3 is 5.97 Å². The summed E-state index contributed by atoms with van der Waals surface area (Å²) < 4.78 is 5.34. The Morgan fingerprint density at radius 1 is 1.50 bits per heavy atom. The number of carbonyl (C=O) groups is 2. The molecule has 0 aromatic heterocycles. The monoisotopic (exact) mass is 284 g/mol. The van der Waals surface area contributed by atoms with Crippen molar-refractivity contribution in [3.05, 3.63) is 0 Å². The molecule has 0 bridgehead atoms. The topological polar surface area (TPSA) is 78.9 Å². The highest BCUT2D eigenvalue weighted by Gasteiger charge is 2.45. The number of carboxylic acids is 1. The van der Waals surface area contributed by atoms with E-state index in [0.29, 0.717) is 45.6 Å². The van der Waals surface area contributed by atoms with Crippen LogP contribution in [0.1, 0.15) is 32.6 Å². The van der Waals surface area contributed by atoms with Crippen LogP contribution in [0.5, 0.6) is 0 Å². The SMILES string of the molecule is CCCC1(C(=O)O)CCN(C(=O)CC2COCCN2)C1. The van der Waals surface area contributed by atoms with E-state index in [2.05, 4.69) is 5.32 Å². The van der Waals surface area contributed by atoms with E-state index in [1.54, 1.807) is 4.90 Å². The molecule has 0 radical (unpaired) electrons. The molecule has 2 rings (SSSR count). The first-order valence-electron chi connectivity index (χ1n) is 7.40. The zero-order chi connectivity index (χ0) is 14.6. The number of rotatable bonds is 5. The predicted molar refractivity (Wildman–Crippen MR) is 73.4 cm³/mol. The van der Waals surface area contributed by atoms with Gasteiger partial charge in [0, 0.05) is 32.1 Å². The summed E-state index contributed by atoms with van der Waals surface area (Å²) >= 11 is 0. The van der Waals surface area contributed by atoms with Gasteiger partial charge in [0.15, 0.2) is 0 Å². The van der Waals surface area contributed by atoms with Gasteiger partial charge in [0.25, 0.3) is 0 Å². The summed E-state index contributed by atoms with van der Waals surface area (Å²) in [5.41, 5.74) is -0.735. The molecule has 2 unspecified atom stereocenters. The molecule has 0 aromatic rings. The van der Waals surface area contributed by atoms with Crippen LogP contribution in [0.4, 0.5) is 0 Å². The van der Waals surface area contributed by atoms with Crippen molar-refractivity contribution in [2.75, 3.05) is 32.8 Å². The summed E-state index contributed by atoms with van der Waals surface area (Å²) in [4.78, 5) is 25.5. The fraction of sp³-hybridized carbons (Fsp3) is 0.857. The number of carbonyl (C=O) groups excluding carboxylic acids is 1. The number of amides is 1. The number of hydrogen-bond acceptors (Lipinski definition) is 4. The van der Waals surface area contributed by atoms with Crippen LogP contribution >= 0.6 is 0 Å². The van der Waals surface area contributed by atoms with Gasteiger partial charge in [0.1, 0.15) is 0 Å². The molecule has 2 heterocycles. The maximum Gasteiger partial charge on any atom is 0.311 e. The molecule has 1 amide bonds. The van der Waals surface area contributed by atoms with Crippen molar-refractivity contribution < 1.29 is 19.4 Å². The lowest BCUT2D eigenvalue weighted by molar-refractivity contribution is -0.149. The second-order valence-corrected chi connectivity index (χ2v) is 5.83. The second-order valence-electron chi connectivity index (χ2n) is 5.83. The van der Waals surface area contributed by atoms with E-state index in [4.69, 9.17) is 4.74 Å². The maximum absolute atomic E-state index is 12.3. The van der Waals surface area contributed by atoms with Gasteiger partial charge in [-0.3, -0.25) is 9.59 Å². The molecular formula is C14H24N2O4. The van der Waals surface area contributed by atoms with E-state index in [9.17, 15) is 14.7 Å². The molecule has 0 aromatic carbocycles. The quantitative estimate of drug-likeness (QED) is 0.767. The first-order valence-corrected chi connectivity index (χ1v) is 7.40. The van der Waals surface area contributed by atoms with Crippen molar-refractivity contribution in [1.29, 1.82) is 0 Å². The highest BCUT2D eigenvalue weighted by atomic mass is 16.5. The van der Waals surface area contributed by atoms with Crippen LogP contribution in [0, 0.1) is 5.41 Å². The molecule has 2 aliphatic rings. The number of ether oxygens (including phenoxy) is 1. The molecule has 2 aliphatic heterocycles. The van der Waals surface area contributed by atoms with E-state index in [-0.39, 0.29) is 11.9 Å². The maximum atomic E-state index is 12.3. The normalized spacial score (nSPS) is 30.4. The van der Waals surface area contributed by atoms with Crippen LogP contribution in [-0.2, 0) is 14.3 Å². The molecule has 0 saturated carbocycles. The van der Waals surface area contributed by atoms with E-state index in [1.807, 2.05) is 6.92 Å². The Kier molecular flexibility index (Phi) is 4.99. The minimum absolute atomic E-state index is 0.0345. The van der Waals surface area contributed by atoms with Crippen molar-refractivity contribution in [3.63, 3.8) is 0 Å². The molecular weight excluding hydrogens is 260 g/mol. The molecule has 0 aliphatic carbocycles. The number of carboxylic acid groups (broad SMARTS) is 1. The van der Waals surface area contributed by atoms with Crippen LogP contribution in [0.2, 0.25) is 0 Å². The number of nitrogens with zero attached hydrogens (tertiary/aromatic N) is 1. The Hall–Kier alpha value is -1.14. The smallest absolute Gasteiger partial charge is 0.311 e. The third-order valence-corrected chi connectivity index (χ3v) is 4.31. The molecule has 114 valence electrons. The highest BCUT2D eigenvalue weighted by molar-refractivity contribution is 5.81. The van der Waals surface area contributed by atoms with Gasteiger partial charge in [-0.2, -0.15) is 0 Å². The summed E-state index contributed by atoms with van der Waals surface area (Å²) in [6.45, 7) is 4.90. The summed E-state index contributed by atoms with van der Waals surface area (Å²) in [5.74, 6) is -0.735. The number of hydrogen-bond donors (Lipinski definition) is 2. The predicted octanol–water partition coefficient (Wildman–Crippen LogP) is 0.468. The van der Waals surface area contributed by atoms with Crippen molar-refractivity contribution in [2.24, 2.45) is 5.41 Å². The van der Waals surface area contributed by atoms with Crippen LogP contribution in [0.3, 0.4) is 0 Å². The lowest BCUT2D eigenvalue weighted by atomic mass is 9.83. The standard InChI is InChI=1S/C14H24N2O4/c1-2-3-14(13(18)19)4-6-16(10-14)12(17)8-11-9-20-7-5-15-11/h11,15H,2-10H2,1H3,(H,18,19). The van der Waals surface area contributed by atoms with E-state index >= 15 is 0 Å². The fourth-order valence-electron chi connectivity index (χ4n) is 3.14. The molecule has 2 fully saturated rings. The molecule has 6 nitrogen and oxygen atoms in total. The van der Waals surface area contributed by atoms with Crippen molar-refractivity contribution >= 4 is 11.9 Å². The second kappa shape index (κ2) is 6.54. The van der Waals surface area contributed by atoms with Gasteiger partial charge in [0.2, 0.25) is 5.91 Å². The lowest BCUT2D eigenvalue weighted by Gasteiger charge is -2.27. The Bertz CT molecular complexity index is 368. The van der Waals surface area contributed by atoms with Gasteiger partial charge in [0.05, 0.1) is 18.6 Å². The average Bonchev–Trinajstić information content (AvgIpc) is 2.86. The minimum atomic E-state index is -0.770. The van der Waals surface area contributed by atoms with Gasteiger partial charge in [-0.1, -0.05) is 13.3 Å². The zero-order valence-corrected chi connectivity index (χ0v) is 12.1. The first-order chi connectivity index (χ1) is 9.57. The third-order valence-electron chi connectivity index (χ3n) is 4.31. The first kappa shape index (κ1) is 15.3. The average molecular weight is 284 g/mol. The fourth-order valence-corrected chi connectivity index (χ4v) is 3.14. The number of nitrogens with one attached hydrogen (secondary N) is 1. The number of likely N-dealkylation sites (tertiary alicyclic amines) is 1. The summed E-state index contributed by atoms with van der Waals surface area (Å²) in [6, 6.07) is 0.0576. The van der Waals surface area contributed by atoms with Crippen molar-refractivity contribution in [1.82, 2.24) is 10.2 Å². The molecule has 6 heteroatoms. The van der Waals surface area contributed by atoms with Gasteiger partial charge in [-0.15, -0.1) is 0 Å². The van der Waals surface area contributed by atoms with Crippen LogP contribution in [0.25, 0.3) is 0 Å². The van der Waals surface area contributed by atoms with Crippen molar-refractivity contribution in [3.8, 4) is 0 Å². The highest BCUT2D eigenvalue weighted by Crippen LogP contribution is 2.35. The van der Waals surface area contributed by atoms with Crippen LogP contribution < -0.4 is 5.32 Å². The third kappa shape index (κ3) is 3.30. The molecule has 2 N–H and O–H groups in total. The van der Waals surface area contributed by atoms with E-state index < -0.39 is 11.4 Å². The molecule has 2 saturated heterocycles. The molecule has 2 atom stereocenters. The number of aliphatic carboxylic acids is 1.